The summed E-state index contributed by atoms with van der Waals surface area (Å²) in [6, 6.07) is 25.1. The fourth-order valence-electron chi connectivity index (χ4n) is 3.41. The molecule has 1 heterocycles. The van der Waals surface area contributed by atoms with Gasteiger partial charge in [0.15, 0.2) is 0 Å². The summed E-state index contributed by atoms with van der Waals surface area (Å²) in [5, 5.41) is 1.19. The van der Waals surface area contributed by atoms with E-state index in [0.29, 0.717) is 6.61 Å². The summed E-state index contributed by atoms with van der Waals surface area (Å²) in [4.78, 5) is 5.60. The summed E-state index contributed by atoms with van der Waals surface area (Å²) < 4.78 is 6.03. The van der Waals surface area contributed by atoms with Gasteiger partial charge >= 0.3 is 0 Å². The van der Waals surface area contributed by atoms with Crippen molar-refractivity contribution >= 4 is 10.9 Å². The van der Waals surface area contributed by atoms with Gasteiger partial charge in [0.1, 0.15) is 12.4 Å². The third-order valence-corrected chi connectivity index (χ3v) is 4.70. The summed E-state index contributed by atoms with van der Waals surface area (Å²) in [6.07, 6.45) is 2.10. The second-order valence-electron chi connectivity index (χ2n) is 7.08. The number of nitrogens with zero attached hydrogens (tertiary/aromatic N) is 1. The minimum absolute atomic E-state index is 0.573. The van der Waals surface area contributed by atoms with E-state index in [1.54, 1.807) is 0 Å². The van der Waals surface area contributed by atoms with Gasteiger partial charge in [-0.2, -0.15) is 0 Å². The zero-order chi connectivity index (χ0) is 18.6. The molecule has 0 aliphatic rings. The van der Waals surface area contributed by atoms with E-state index in [1.807, 2.05) is 24.3 Å². The number of fused-ring (bicyclic) bond motifs is 1. The Morgan fingerprint density at radius 1 is 0.852 bits per heavy atom. The lowest BCUT2D eigenvalue weighted by Crippen LogP contribution is -2.11. The van der Waals surface area contributed by atoms with Crippen LogP contribution in [0.2, 0.25) is 0 Å². The van der Waals surface area contributed by atoms with Crippen molar-refractivity contribution in [3.63, 3.8) is 0 Å². The second-order valence-corrected chi connectivity index (χ2v) is 7.08. The number of aromatic nitrogens is 1. The molecule has 0 spiro atoms. The molecule has 3 aromatic carbocycles. The molecule has 0 saturated heterocycles. The van der Waals surface area contributed by atoms with Gasteiger partial charge in [0.05, 0.1) is 0 Å². The van der Waals surface area contributed by atoms with Gasteiger partial charge in [-0.05, 0) is 49.0 Å². The van der Waals surface area contributed by atoms with E-state index in [-0.39, 0.29) is 0 Å². The van der Waals surface area contributed by atoms with Gasteiger partial charge in [0.2, 0.25) is 0 Å². The maximum absolute atomic E-state index is 6.03. The van der Waals surface area contributed by atoms with E-state index in [9.17, 15) is 0 Å². The van der Waals surface area contributed by atoms with Crippen molar-refractivity contribution in [2.24, 2.45) is 0 Å². The van der Waals surface area contributed by atoms with Gasteiger partial charge in [-0.25, -0.2) is 0 Å². The van der Waals surface area contributed by atoms with Crippen LogP contribution in [-0.4, -0.2) is 24.0 Å². The molecule has 0 aliphatic carbocycles. The molecule has 0 aliphatic heterocycles. The molecule has 0 unspecified atom stereocenters. The summed E-state index contributed by atoms with van der Waals surface area (Å²) in [5.41, 5.74) is 6.09. The van der Waals surface area contributed by atoms with Crippen molar-refractivity contribution in [3.05, 3.63) is 90.1 Å². The highest BCUT2D eigenvalue weighted by atomic mass is 16.5. The van der Waals surface area contributed by atoms with Gasteiger partial charge in [-0.15, -0.1) is 0 Å². The highest BCUT2D eigenvalue weighted by Gasteiger charge is 2.11. The SMILES string of the molecule is CN(C)Cc1ccccc1-c1c[nH]c2ccc(OCc3ccccc3)cc12. The highest BCUT2D eigenvalue weighted by molar-refractivity contribution is 5.97. The van der Waals surface area contributed by atoms with E-state index in [1.165, 1.54) is 27.6 Å². The van der Waals surface area contributed by atoms with Crippen LogP contribution in [0.4, 0.5) is 0 Å². The Morgan fingerprint density at radius 2 is 1.63 bits per heavy atom. The molecule has 1 aromatic heterocycles. The summed E-state index contributed by atoms with van der Waals surface area (Å²) >= 11 is 0. The van der Waals surface area contributed by atoms with Crippen LogP contribution in [0.15, 0.2) is 79.0 Å². The number of rotatable bonds is 6. The summed E-state index contributed by atoms with van der Waals surface area (Å²) in [7, 11) is 4.20. The number of benzene rings is 3. The Hall–Kier alpha value is -3.04. The van der Waals surface area contributed by atoms with Crippen LogP contribution < -0.4 is 4.74 Å². The molecule has 4 rings (SSSR count). The second kappa shape index (κ2) is 7.68. The number of hydrogen-bond acceptors (Lipinski definition) is 2. The maximum Gasteiger partial charge on any atom is 0.120 e. The van der Waals surface area contributed by atoms with Gasteiger partial charge in [0, 0.05) is 29.2 Å². The standard InChI is InChI=1S/C24H24N2O/c1-26(2)16-19-10-6-7-11-21(19)23-15-25-24-13-12-20(14-22(23)24)27-17-18-8-4-3-5-9-18/h3-15,25H,16-17H2,1-2H3. The number of aromatic amines is 1. The van der Waals surface area contributed by atoms with Gasteiger partial charge in [-0.1, -0.05) is 54.6 Å². The highest BCUT2D eigenvalue weighted by Crippen LogP contribution is 2.33. The third kappa shape index (κ3) is 3.88. The minimum Gasteiger partial charge on any atom is -0.489 e. The van der Waals surface area contributed by atoms with Crippen LogP contribution in [0, 0.1) is 0 Å². The molecule has 0 saturated carbocycles. The summed E-state index contributed by atoms with van der Waals surface area (Å²) in [5.74, 6) is 0.886. The van der Waals surface area contributed by atoms with Crippen LogP contribution in [-0.2, 0) is 13.2 Å². The third-order valence-electron chi connectivity index (χ3n) is 4.70. The Bertz CT molecular complexity index is 1030. The first-order chi connectivity index (χ1) is 13.2. The normalized spacial score (nSPS) is 11.2. The lowest BCUT2D eigenvalue weighted by atomic mass is 9.99. The number of H-pyrrole nitrogens is 1. The lowest BCUT2D eigenvalue weighted by Gasteiger charge is -2.14. The molecular weight excluding hydrogens is 332 g/mol. The predicted octanol–water partition coefficient (Wildman–Crippen LogP) is 5.48. The maximum atomic E-state index is 6.03. The molecule has 0 radical (unpaired) electrons. The van der Waals surface area contributed by atoms with Crippen molar-refractivity contribution < 1.29 is 4.74 Å². The lowest BCUT2D eigenvalue weighted by molar-refractivity contribution is 0.306. The van der Waals surface area contributed by atoms with E-state index in [2.05, 4.69) is 78.7 Å². The first-order valence-corrected chi connectivity index (χ1v) is 9.21. The molecule has 0 fully saturated rings. The molecule has 1 N–H and O–H groups in total. The molecule has 4 aromatic rings. The quantitative estimate of drug-likeness (QED) is 0.496. The van der Waals surface area contributed by atoms with E-state index in [0.717, 1.165) is 17.8 Å². The first kappa shape index (κ1) is 17.4. The average molecular weight is 356 g/mol. The number of hydrogen-bond donors (Lipinski definition) is 1. The largest absolute Gasteiger partial charge is 0.489 e. The molecule has 27 heavy (non-hydrogen) atoms. The van der Waals surface area contributed by atoms with Crippen molar-refractivity contribution in [1.82, 2.24) is 9.88 Å². The molecule has 0 atom stereocenters. The van der Waals surface area contributed by atoms with Crippen molar-refractivity contribution in [1.29, 1.82) is 0 Å². The monoisotopic (exact) mass is 356 g/mol. The van der Waals surface area contributed by atoms with Crippen molar-refractivity contribution in [3.8, 4) is 16.9 Å². The average Bonchev–Trinajstić information content (AvgIpc) is 3.10. The van der Waals surface area contributed by atoms with Gasteiger partial charge in [0.25, 0.3) is 0 Å². The molecule has 3 nitrogen and oxygen atoms in total. The molecular formula is C24H24N2O. The Morgan fingerprint density at radius 3 is 2.44 bits per heavy atom. The van der Waals surface area contributed by atoms with E-state index >= 15 is 0 Å². The first-order valence-electron chi connectivity index (χ1n) is 9.21. The van der Waals surface area contributed by atoms with Gasteiger partial charge in [-0.3, -0.25) is 0 Å². The molecule has 3 heteroatoms. The molecule has 136 valence electrons. The van der Waals surface area contributed by atoms with E-state index in [4.69, 9.17) is 4.74 Å². The molecule has 0 bridgehead atoms. The van der Waals surface area contributed by atoms with Crippen LogP contribution in [0.1, 0.15) is 11.1 Å². The zero-order valence-corrected chi connectivity index (χ0v) is 15.8. The summed E-state index contributed by atoms with van der Waals surface area (Å²) in [6.45, 7) is 1.48. The Kier molecular flexibility index (Phi) is 4.95. The topological polar surface area (TPSA) is 28.3 Å². The minimum atomic E-state index is 0.573. The Labute approximate surface area is 160 Å². The zero-order valence-electron chi connectivity index (χ0n) is 15.8. The number of ether oxygens (including phenoxy) is 1. The fourth-order valence-corrected chi connectivity index (χ4v) is 3.41. The van der Waals surface area contributed by atoms with Crippen LogP contribution in [0.25, 0.3) is 22.0 Å². The predicted molar refractivity (Wildman–Crippen MR) is 112 cm³/mol. The van der Waals surface area contributed by atoms with Gasteiger partial charge < -0.3 is 14.6 Å². The van der Waals surface area contributed by atoms with Crippen molar-refractivity contribution in [2.45, 2.75) is 13.2 Å². The fraction of sp³-hybridized carbons (Fsp3) is 0.167. The molecule has 0 amide bonds. The van der Waals surface area contributed by atoms with E-state index < -0.39 is 0 Å². The van der Waals surface area contributed by atoms with Crippen LogP contribution in [0.3, 0.4) is 0 Å². The Balaban J connectivity index is 1.67. The van der Waals surface area contributed by atoms with Crippen LogP contribution in [0.5, 0.6) is 5.75 Å². The smallest absolute Gasteiger partial charge is 0.120 e. The van der Waals surface area contributed by atoms with Crippen molar-refractivity contribution in [2.75, 3.05) is 14.1 Å². The van der Waals surface area contributed by atoms with Crippen LogP contribution >= 0.6 is 0 Å². The number of nitrogens with one attached hydrogen (secondary N) is 1.